The molecule has 3 heteroatoms. The molecule has 1 N–H and O–H groups in total. The van der Waals surface area contributed by atoms with Gasteiger partial charge < -0.3 is 14.2 Å². The Morgan fingerprint density at radius 3 is 1.34 bits per heavy atom. The predicted molar refractivity (Wildman–Crippen MR) is 247 cm³/mol. The van der Waals surface area contributed by atoms with Crippen molar-refractivity contribution in [3.05, 3.63) is 200 Å². The lowest BCUT2D eigenvalue weighted by atomic mass is 9.91. The molecule has 0 atom stereocenters. The molecule has 0 aliphatic heterocycles. The first-order valence-electron chi connectivity index (χ1n) is 20.2. The van der Waals surface area contributed by atoms with Crippen molar-refractivity contribution in [2.24, 2.45) is 0 Å². The maximum atomic E-state index is 12.0. The molecule has 0 bridgehead atoms. The van der Waals surface area contributed by atoms with E-state index in [1.54, 1.807) is 0 Å². The highest BCUT2D eigenvalue weighted by Gasteiger charge is 2.28. The van der Waals surface area contributed by atoms with Crippen LogP contribution in [0.5, 0.6) is 5.75 Å². The van der Waals surface area contributed by atoms with Gasteiger partial charge in [0, 0.05) is 49.3 Å². The average Bonchev–Trinajstić information content (AvgIpc) is 3.94. The van der Waals surface area contributed by atoms with Crippen LogP contribution in [0.1, 0.15) is 0 Å². The van der Waals surface area contributed by atoms with Crippen LogP contribution < -0.4 is 0 Å². The van der Waals surface area contributed by atoms with Crippen LogP contribution in [0.25, 0.3) is 121 Å². The Hall–Kier alpha value is -7.88. The van der Waals surface area contributed by atoms with Gasteiger partial charge in [-0.2, -0.15) is 0 Å². The van der Waals surface area contributed by atoms with E-state index < -0.39 is 0 Å². The molecule has 13 rings (SSSR count). The van der Waals surface area contributed by atoms with Crippen molar-refractivity contribution in [2.45, 2.75) is 0 Å². The molecular weight excluding hydrogens is 717 g/mol. The fourth-order valence-electron chi connectivity index (χ4n) is 10.1. The van der Waals surface area contributed by atoms with E-state index in [9.17, 15) is 5.11 Å². The summed E-state index contributed by atoms with van der Waals surface area (Å²) in [7, 11) is 0. The zero-order chi connectivity index (χ0) is 38.8. The Kier molecular flexibility index (Phi) is 6.59. The van der Waals surface area contributed by atoms with Crippen molar-refractivity contribution in [3.8, 4) is 61.6 Å². The number of phenolic OH excluding ortho intramolecular Hbond substituents is 1. The minimum absolute atomic E-state index is 0.346. The van der Waals surface area contributed by atoms with Crippen molar-refractivity contribution in [1.29, 1.82) is 0 Å². The second kappa shape index (κ2) is 12.1. The van der Waals surface area contributed by atoms with Crippen molar-refractivity contribution >= 4 is 65.2 Å². The number of phenols is 1. The molecule has 0 saturated heterocycles. The molecule has 0 radical (unpaired) electrons. The van der Waals surface area contributed by atoms with Crippen LogP contribution >= 0.6 is 0 Å². The number of hydrogen-bond donors (Lipinski definition) is 1. The standard InChI is InChI=1S/C56H34N2O/c59-56-44-20-8-7-17-40(44)48-32-37(36-25-28-53-47(31-36)42-19-10-12-22-51(42)58(53)39-15-5-2-6-16-39)33-49-45-29-34(23-26-43(45)55(56)54(48)49)35-24-27-52-46(30-35)41-18-9-11-21-50(41)57(52)38-13-3-1-4-14-38/h1-33,59H. The summed E-state index contributed by atoms with van der Waals surface area (Å²) in [5.41, 5.74) is 16.0. The van der Waals surface area contributed by atoms with Crippen LogP contribution in [0.15, 0.2) is 200 Å². The van der Waals surface area contributed by atoms with Gasteiger partial charge in [0.15, 0.2) is 0 Å². The van der Waals surface area contributed by atoms with Crippen molar-refractivity contribution in [3.63, 3.8) is 0 Å². The summed E-state index contributed by atoms with van der Waals surface area (Å²) in [5, 5.41) is 21.1. The number of aromatic hydroxyl groups is 1. The molecule has 274 valence electrons. The summed E-state index contributed by atoms with van der Waals surface area (Å²) in [4.78, 5) is 0. The van der Waals surface area contributed by atoms with Crippen LogP contribution in [0.3, 0.4) is 0 Å². The zero-order valence-electron chi connectivity index (χ0n) is 31.9. The van der Waals surface area contributed by atoms with Gasteiger partial charge in [-0.15, -0.1) is 0 Å². The van der Waals surface area contributed by atoms with E-state index in [4.69, 9.17) is 0 Å². The predicted octanol–water partition coefficient (Wildman–Crippen LogP) is 14.9. The zero-order valence-corrected chi connectivity index (χ0v) is 31.9. The first-order chi connectivity index (χ1) is 29.2. The number of aromatic nitrogens is 2. The molecule has 0 unspecified atom stereocenters. The van der Waals surface area contributed by atoms with E-state index >= 15 is 0 Å². The van der Waals surface area contributed by atoms with Gasteiger partial charge >= 0.3 is 0 Å². The van der Waals surface area contributed by atoms with Crippen LogP contribution in [0.2, 0.25) is 0 Å². The molecule has 12 aromatic rings. The highest BCUT2D eigenvalue weighted by Crippen LogP contribution is 2.56. The first kappa shape index (κ1) is 32.2. The van der Waals surface area contributed by atoms with Gasteiger partial charge in [0.1, 0.15) is 5.75 Å². The second-order valence-corrected chi connectivity index (χ2v) is 15.8. The molecule has 0 saturated carbocycles. The molecular formula is C56H34N2O. The molecule has 1 aliphatic rings. The molecule has 10 aromatic carbocycles. The monoisotopic (exact) mass is 750 g/mol. The smallest absolute Gasteiger partial charge is 0.131 e. The number of para-hydroxylation sites is 4. The second-order valence-electron chi connectivity index (χ2n) is 15.8. The quantitative estimate of drug-likeness (QED) is 0.178. The third-order valence-electron chi connectivity index (χ3n) is 12.7. The minimum atomic E-state index is 0.346. The Morgan fingerprint density at radius 2 is 0.729 bits per heavy atom. The Morgan fingerprint density at radius 1 is 0.288 bits per heavy atom. The molecule has 2 aromatic heterocycles. The van der Waals surface area contributed by atoms with E-state index in [2.05, 4.69) is 197 Å². The molecule has 2 heterocycles. The molecule has 59 heavy (non-hydrogen) atoms. The Bertz CT molecular complexity index is 3720. The van der Waals surface area contributed by atoms with Gasteiger partial charge in [-0.1, -0.05) is 121 Å². The van der Waals surface area contributed by atoms with Crippen LogP contribution in [0.4, 0.5) is 0 Å². The number of fused-ring (bicyclic) bond motifs is 11. The molecule has 0 fully saturated rings. The van der Waals surface area contributed by atoms with E-state index in [0.717, 1.165) is 77.4 Å². The fraction of sp³-hybridized carbons (Fsp3) is 0. The summed E-state index contributed by atoms with van der Waals surface area (Å²) >= 11 is 0. The Balaban J connectivity index is 1.03. The number of nitrogens with zero attached hydrogens (tertiary/aromatic N) is 2. The van der Waals surface area contributed by atoms with Gasteiger partial charge in [0.2, 0.25) is 0 Å². The molecule has 0 amide bonds. The van der Waals surface area contributed by atoms with Gasteiger partial charge in [-0.3, -0.25) is 0 Å². The minimum Gasteiger partial charge on any atom is -0.507 e. The third kappa shape index (κ3) is 4.53. The maximum absolute atomic E-state index is 12.0. The van der Waals surface area contributed by atoms with Crippen molar-refractivity contribution in [2.75, 3.05) is 0 Å². The summed E-state index contributed by atoms with van der Waals surface area (Å²) in [6.45, 7) is 0. The number of rotatable bonds is 4. The molecule has 3 nitrogen and oxygen atoms in total. The molecule has 0 spiro atoms. The average molecular weight is 751 g/mol. The van der Waals surface area contributed by atoms with E-state index in [0.29, 0.717) is 5.75 Å². The number of hydrogen-bond acceptors (Lipinski definition) is 1. The lowest BCUT2D eigenvalue weighted by Gasteiger charge is -2.13. The largest absolute Gasteiger partial charge is 0.507 e. The third-order valence-corrected chi connectivity index (χ3v) is 12.7. The summed E-state index contributed by atoms with van der Waals surface area (Å²) in [6.07, 6.45) is 0. The SMILES string of the molecule is Oc1c2c3c(cc(-c4ccc5c(c4)c4ccccc4n5-c4ccccc4)cc3c3ccccc13)-c1cc(-c3ccc4c(c3)c3ccccc3n4-c3ccccc3)ccc1-2. The Labute approximate surface area is 339 Å². The van der Waals surface area contributed by atoms with Gasteiger partial charge in [0.25, 0.3) is 0 Å². The summed E-state index contributed by atoms with van der Waals surface area (Å²) < 4.78 is 4.73. The highest BCUT2D eigenvalue weighted by atomic mass is 16.3. The van der Waals surface area contributed by atoms with Gasteiger partial charge in [-0.25, -0.2) is 0 Å². The fourth-order valence-corrected chi connectivity index (χ4v) is 10.1. The van der Waals surface area contributed by atoms with Gasteiger partial charge in [-0.05, 0) is 129 Å². The number of benzene rings is 10. The van der Waals surface area contributed by atoms with Crippen LogP contribution in [-0.2, 0) is 0 Å². The van der Waals surface area contributed by atoms with Crippen LogP contribution in [-0.4, -0.2) is 14.2 Å². The first-order valence-corrected chi connectivity index (χ1v) is 20.2. The van der Waals surface area contributed by atoms with Crippen molar-refractivity contribution < 1.29 is 5.11 Å². The lowest BCUT2D eigenvalue weighted by Crippen LogP contribution is -1.92. The normalized spacial score (nSPS) is 12.1. The topological polar surface area (TPSA) is 30.1 Å². The highest BCUT2D eigenvalue weighted by molar-refractivity contribution is 6.27. The summed E-state index contributed by atoms with van der Waals surface area (Å²) in [5.74, 6) is 0.346. The molecule has 1 aliphatic carbocycles. The van der Waals surface area contributed by atoms with E-state index in [-0.39, 0.29) is 0 Å². The maximum Gasteiger partial charge on any atom is 0.131 e. The van der Waals surface area contributed by atoms with Crippen molar-refractivity contribution in [1.82, 2.24) is 9.13 Å². The summed E-state index contributed by atoms with van der Waals surface area (Å²) in [6, 6.07) is 72.2. The van der Waals surface area contributed by atoms with Crippen LogP contribution in [0, 0.1) is 0 Å². The van der Waals surface area contributed by atoms with E-state index in [1.165, 1.54) is 43.6 Å². The van der Waals surface area contributed by atoms with E-state index in [1.807, 2.05) is 12.1 Å². The lowest BCUT2D eigenvalue weighted by molar-refractivity contribution is 0.484. The van der Waals surface area contributed by atoms with Gasteiger partial charge in [0.05, 0.1) is 22.1 Å².